The van der Waals surface area contributed by atoms with E-state index in [0.29, 0.717) is 159 Å². The monoisotopic (exact) mass is 632 g/mol. The summed E-state index contributed by atoms with van der Waals surface area (Å²) in [6, 6.07) is 0. The van der Waals surface area contributed by atoms with E-state index in [-0.39, 0.29) is 13.2 Å². The van der Waals surface area contributed by atoms with Crippen molar-refractivity contribution >= 4 is 5.97 Å². The maximum Gasteiger partial charge on any atom is 0.329 e. The lowest BCUT2D eigenvalue weighted by molar-refractivity contribution is -0.142. The summed E-state index contributed by atoms with van der Waals surface area (Å²) >= 11 is 0. The molecule has 43 heavy (non-hydrogen) atoms. The van der Waals surface area contributed by atoms with Crippen molar-refractivity contribution in [2.75, 3.05) is 172 Å². The second-order valence-electron chi connectivity index (χ2n) is 8.38. The number of hydrogen-bond acceptors (Lipinski definition) is 14. The predicted molar refractivity (Wildman–Crippen MR) is 154 cm³/mol. The SMILES string of the molecule is CCOCCOCCOCCOCCOCCOCCOCCOCCOCCOCCOCCOCCOCC(=O)O. The largest absolute Gasteiger partial charge is 0.480 e. The van der Waals surface area contributed by atoms with Crippen LogP contribution in [0.1, 0.15) is 6.92 Å². The molecule has 1 N–H and O–H groups in total. The molecular formula is C28H56O15. The number of carboxylic acids is 1. The minimum absolute atomic E-state index is 0.241. The van der Waals surface area contributed by atoms with Crippen molar-refractivity contribution in [3.63, 3.8) is 0 Å². The first-order valence-corrected chi connectivity index (χ1v) is 15.0. The first-order chi connectivity index (χ1) is 21.3. The summed E-state index contributed by atoms with van der Waals surface area (Å²) in [7, 11) is 0. The van der Waals surface area contributed by atoms with Gasteiger partial charge in [-0.1, -0.05) is 0 Å². The van der Waals surface area contributed by atoms with Crippen LogP contribution in [-0.4, -0.2) is 183 Å². The van der Waals surface area contributed by atoms with Crippen molar-refractivity contribution in [1.29, 1.82) is 0 Å². The average Bonchev–Trinajstić information content (AvgIpc) is 3.00. The lowest BCUT2D eigenvalue weighted by atomic mass is 10.6. The van der Waals surface area contributed by atoms with E-state index in [0.717, 1.165) is 0 Å². The molecule has 0 aromatic heterocycles. The molecule has 0 aliphatic carbocycles. The zero-order chi connectivity index (χ0) is 31.2. The summed E-state index contributed by atoms with van der Waals surface area (Å²) < 4.78 is 69.5. The Labute approximate surface area is 256 Å². The minimum atomic E-state index is -0.996. The molecule has 0 aliphatic rings. The van der Waals surface area contributed by atoms with Crippen LogP contribution in [0.4, 0.5) is 0 Å². The molecule has 15 heteroatoms. The first kappa shape index (κ1) is 42.0. The number of ether oxygens (including phenoxy) is 13. The summed E-state index contributed by atoms with van der Waals surface area (Å²) in [5.41, 5.74) is 0. The second kappa shape index (κ2) is 39.0. The molecule has 0 rings (SSSR count). The van der Waals surface area contributed by atoms with Gasteiger partial charge in [0, 0.05) is 6.61 Å². The van der Waals surface area contributed by atoms with Crippen molar-refractivity contribution in [2.24, 2.45) is 0 Å². The molecule has 0 aromatic rings. The maximum absolute atomic E-state index is 10.3. The van der Waals surface area contributed by atoms with Gasteiger partial charge in [0.25, 0.3) is 0 Å². The fourth-order valence-electron chi connectivity index (χ4n) is 2.84. The fraction of sp³-hybridized carbons (Fsp3) is 0.964. The van der Waals surface area contributed by atoms with Crippen LogP contribution in [0.5, 0.6) is 0 Å². The highest BCUT2D eigenvalue weighted by Gasteiger charge is 1.98. The molecule has 0 fully saturated rings. The third kappa shape index (κ3) is 41.0. The molecule has 0 radical (unpaired) electrons. The summed E-state index contributed by atoms with van der Waals surface area (Å²) in [6.45, 7) is 14.0. The van der Waals surface area contributed by atoms with Crippen LogP contribution in [0.15, 0.2) is 0 Å². The smallest absolute Gasteiger partial charge is 0.329 e. The summed E-state index contributed by atoms with van der Waals surface area (Å²) in [6.07, 6.45) is 0. The van der Waals surface area contributed by atoms with Gasteiger partial charge in [-0.25, -0.2) is 4.79 Å². The number of aliphatic carboxylic acids is 1. The van der Waals surface area contributed by atoms with Crippen LogP contribution < -0.4 is 0 Å². The van der Waals surface area contributed by atoms with Gasteiger partial charge in [0.2, 0.25) is 0 Å². The van der Waals surface area contributed by atoms with Gasteiger partial charge in [0.1, 0.15) is 6.61 Å². The van der Waals surface area contributed by atoms with Gasteiger partial charge < -0.3 is 66.7 Å². The van der Waals surface area contributed by atoms with Crippen molar-refractivity contribution in [1.82, 2.24) is 0 Å². The molecule has 0 bridgehead atoms. The normalized spacial score (nSPS) is 11.5. The van der Waals surface area contributed by atoms with Gasteiger partial charge in [-0.3, -0.25) is 0 Å². The lowest BCUT2D eigenvalue weighted by Gasteiger charge is -2.09. The molecule has 15 nitrogen and oxygen atoms in total. The third-order valence-electron chi connectivity index (χ3n) is 4.89. The number of carbonyl (C=O) groups is 1. The van der Waals surface area contributed by atoms with E-state index in [9.17, 15) is 4.79 Å². The molecule has 0 aromatic carbocycles. The van der Waals surface area contributed by atoms with Gasteiger partial charge in [0.15, 0.2) is 0 Å². The summed E-state index contributed by atoms with van der Waals surface area (Å²) in [5.74, 6) is -0.996. The number of carboxylic acid groups (broad SMARTS) is 1. The number of hydrogen-bond donors (Lipinski definition) is 1. The topological polar surface area (TPSA) is 157 Å². The first-order valence-electron chi connectivity index (χ1n) is 15.0. The molecule has 0 spiro atoms. The Morgan fingerprint density at radius 2 is 0.488 bits per heavy atom. The highest BCUT2D eigenvalue weighted by molar-refractivity contribution is 5.67. The van der Waals surface area contributed by atoms with Crippen LogP contribution >= 0.6 is 0 Å². The number of rotatable bonds is 39. The molecule has 0 saturated carbocycles. The van der Waals surface area contributed by atoms with Crippen LogP contribution in [0, 0.1) is 0 Å². The lowest BCUT2D eigenvalue weighted by Crippen LogP contribution is -2.15. The van der Waals surface area contributed by atoms with E-state index in [4.69, 9.17) is 66.7 Å². The second-order valence-corrected chi connectivity index (χ2v) is 8.38. The Morgan fingerprint density at radius 3 is 0.651 bits per heavy atom. The Morgan fingerprint density at radius 1 is 0.326 bits per heavy atom. The highest BCUT2D eigenvalue weighted by Crippen LogP contribution is 1.87. The highest BCUT2D eigenvalue weighted by atomic mass is 16.6. The Hall–Kier alpha value is -1.05. The van der Waals surface area contributed by atoms with Gasteiger partial charge in [-0.15, -0.1) is 0 Å². The molecule has 0 aliphatic heterocycles. The van der Waals surface area contributed by atoms with Gasteiger partial charge in [-0.2, -0.15) is 0 Å². The quantitative estimate of drug-likeness (QED) is 0.0923. The van der Waals surface area contributed by atoms with Crippen molar-refractivity contribution in [2.45, 2.75) is 6.92 Å². The molecule has 258 valence electrons. The standard InChI is InChI=1S/C28H56O15/c1-2-31-3-4-32-5-6-33-7-8-34-9-10-35-11-12-36-13-14-37-15-16-38-17-18-39-19-20-40-21-22-41-23-24-42-25-26-43-27-28(29)30/h2-27H2,1H3,(H,29,30). The Bertz CT molecular complexity index is 530. The van der Waals surface area contributed by atoms with Crippen molar-refractivity contribution in [3.8, 4) is 0 Å². The van der Waals surface area contributed by atoms with E-state index in [1.54, 1.807) is 0 Å². The zero-order valence-electron chi connectivity index (χ0n) is 26.0. The third-order valence-corrected chi connectivity index (χ3v) is 4.89. The molecule has 0 saturated heterocycles. The maximum atomic E-state index is 10.3. The molecular weight excluding hydrogens is 576 g/mol. The molecule has 0 amide bonds. The van der Waals surface area contributed by atoms with E-state index < -0.39 is 5.97 Å². The predicted octanol–water partition coefficient (Wildman–Crippen LogP) is 0.307. The van der Waals surface area contributed by atoms with Crippen molar-refractivity contribution < 1.29 is 71.5 Å². The van der Waals surface area contributed by atoms with Crippen LogP contribution in [0.3, 0.4) is 0 Å². The van der Waals surface area contributed by atoms with Crippen LogP contribution in [-0.2, 0) is 66.4 Å². The molecule has 0 unspecified atom stereocenters. The Balaban J connectivity index is 3.03. The summed E-state index contributed by atoms with van der Waals surface area (Å²) in [4.78, 5) is 10.3. The van der Waals surface area contributed by atoms with E-state index >= 15 is 0 Å². The summed E-state index contributed by atoms with van der Waals surface area (Å²) in [5, 5.41) is 8.42. The van der Waals surface area contributed by atoms with Gasteiger partial charge >= 0.3 is 5.97 Å². The van der Waals surface area contributed by atoms with E-state index in [2.05, 4.69) is 0 Å². The minimum Gasteiger partial charge on any atom is -0.480 e. The van der Waals surface area contributed by atoms with Gasteiger partial charge in [0.05, 0.1) is 159 Å². The Kier molecular flexibility index (Phi) is 38.0. The van der Waals surface area contributed by atoms with Crippen LogP contribution in [0.25, 0.3) is 0 Å². The van der Waals surface area contributed by atoms with Crippen LogP contribution in [0.2, 0.25) is 0 Å². The van der Waals surface area contributed by atoms with Gasteiger partial charge in [-0.05, 0) is 6.92 Å². The molecule has 0 atom stereocenters. The van der Waals surface area contributed by atoms with E-state index in [1.807, 2.05) is 6.92 Å². The molecule has 0 heterocycles. The fourth-order valence-corrected chi connectivity index (χ4v) is 2.84. The zero-order valence-corrected chi connectivity index (χ0v) is 26.0. The van der Waals surface area contributed by atoms with Crippen molar-refractivity contribution in [3.05, 3.63) is 0 Å². The van der Waals surface area contributed by atoms with E-state index in [1.165, 1.54) is 0 Å². The average molecular weight is 633 g/mol.